The highest BCUT2D eigenvalue weighted by Gasteiger charge is 2.53. The largest absolute Gasteiger partial charge is 0.489 e. The fourth-order valence-electron chi connectivity index (χ4n) is 11.8. The number of amides is 4. The summed E-state index contributed by atoms with van der Waals surface area (Å²) in [5.74, 6) is -1.55. The predicted octanol–water partition coefficient (Wildman–Crippen LogP) is 5.80. The molecular formula is C56H58F2N10O8. The molecule has 4 atom stereocenters. The van der Waals surface area contributed by atoms with E-state index in [9.17, 15) is 28.0 Å². The van der Waals surface area contributed by atoms with Crippen molar-refractivity contribution in [3.05, 3.63) is 144 Å². The maximum Gasteiger partial charge on any atom is 0.342 e. The van der Waals surface area contributed by atoms with Gasteiger partial charge in [0.1, 0.15) is 42.6 Å². The molecule has 394 valence electrons. The second-order valence-electron chi connectivity index (χ2n) is 21.3. The Bertz CT molecular complexity index is 3190. The van der Waals surface area contributed by atoms with Crippen LogP contribution in [0.1, 0.15) is 52.9 Å². The third-order valence-corrected chi connectivity index (χ3v) is 16.0. The maximum atomic E-state index is 15.0. The number of aromatic nitrogens is 4. The molecule has 6 aliphatic rings. The third-order valence-electron chi connectivity index (χ3n) is 16.0. The molecule has 8 heterocycles. The van der Waals surface area contributed by atoms with Crippen LogP contribution in [0.5, 0.6) is 11.5 Å². The molecule has 4 fully saturated rings. The van der Waals surface area contributed by atoms with Crippen LogP contribution < -0.4 is 39.7 Å². The summed E-state index contributed by atoms with van der Waals surface area (Å²) in [5.41, 5.74) is 5.39. The van der Waals surface area contributed by atoms with Gasteiger partial charge in [0.15, 0.2) is 11.5 Å². The lowest BCUT2D eigenvalue weighted by Gasteiger charge is -2.58. The van der Waals surface area contributed by atoms with Crippen molar-refractivity contribution >= 4 is 46.5 Å². The Morgan fingerprint density at radius 1 is 0.684 bits per heavy atom. The molecule has 4 unspecified atom stereocenters. The van der Waals surface area contributed by atoms with Gasteiger partial charge in [-0.25, -0.2) is 13.6 Å². The van der Waals surface area contributed by atoms with Crippen molar-refractivity contribution in [3.63, 3.8) is 0 Å². The molecule has 2 aromatic heterocycles. The van der Waals surface area contributed by atoms with Crippen LogP contribution in [0.25, 0.3) is 0 Å². The molecule has 0 bridgehead atoms. The molecule has 18 nitrogen and oxygen atoms in total. The van der Waals surface area contributed by atoms with Gasteiger partial charge in [0, 0.05) is 88.3 Å². The average molecular weight is 1040 g/mol. The van der Waals surface area contributed by atoms with Crippen molar-refractivity contribution < 1.29 is 46.9 Å². The molecule has 2 N–H and O–H groups in total. The number of benzene rings is 4. The lowest BCUT2D eigenvalue weighted by molar-refractivity contribution is -0.163. The van der Waals surface area contributed by atoms with Crippen molar-refractivity contribution in [2.45, 2.75) is 62.9 Å². The zero-order chi connectivity index (χ0) is 52.3. The van der Waals surface area contributed by atoms with E-state index in [1.165, 1.54) is 32.8 Å². The molecule has 4 amide bonds. The number of nitrogens with zero attached hydrogens (tertiary/aromatic N) is 8. The molecule has 76 heavy (non-hydrogen) atoms. The van der Waals surface area contributed by atoms with Gasteiger partial charge in [-0.05, 0) is 90.9 Å². The first kappa shape index (κ1) is 49.1. The zero-order valence-electron chi connectivity index (χ0n) is 42.2. The number of rotatable bonds is 10. The summed E-state index contributed by atoms with van der Waals surface area (Å²) >= 11 is 0. The highest BCUT2D eigenvalue weighted by Crippen LogP contribution is 2.50. The summed E-state index contributed by atoms with van der Waals surface area (Å²) in [7, 11) is 3.34. The van der Waals surface area contributed by atoms with Crippen molar-refractivity contribution in [1.82, 2.24) is 30.2 Å². The van der Waals surface area contributed by atoms with Gasteiger partial charge in [-0.3, -0.25) is 19.1 Å². The predicted molar refractivity (Wildman–Crippen MR) is 276 cm³/mol. The SMILES string of the molecule is CN1C(=O)C(NC(=O)c2nn(Cc3ccccc3)cc2F)COc2ccc(N3CC4(CCOC(C5CC6(CCO5)CN(c5ccc7c(c5)N(C)C(=O)C(NC(=O)n5cc(Cc8ccc(F)cc8)cn5)CO7)C6)C4)C3)cc21. The lowest BCUT2D eigenvalue weighted by Crippen LogP contribution is -2.64. The molecule has 20 heteroatoms. The van der Waals surface area contributed by atoms with E-state index in [-0.39, 0.29) is 54.5 Å². The van der Waals surface area contributed by atoms with Crippen LogP contribution in [-0.2, 0) is 32.0 Å². The first-order chi connectivity index (χ1) is 36.8. The molecule has 12 rings (SSSR count). The number of halogens is 2. The first-order valence-electron chi connectivity index (χ1n) is 25.8. The molecule has 6 aliphatic heterocycles. The summed E-state index contributed by atoms with van der Waals surface area (Å²) in [4.78, 5) is 61.8. The maximum absolute atomic E-state index is 15.0. The van der Waals surface area contributed by atoms with Gasteiger partial charge in [-0.15, -0.1) is 0 Å². The molecule has 4 saturated heterocycles. The zero-order valence-corrected chi connectivity index (χ0v) is 42.2. The van der Waals surface area contributed by atoms with Crippen molar-refractivity contribution in [2.24, 2.45) is 10.8 Å². The molecular weight excluding hydrogens is 979 g/mol. The van der Waals surface area contributed by atoms with Gasteiger partial charge >= 0.3 is 6.03 Å². The van der Waals surface area contributed by atoms with Crippen LogP contribution in [0, 0.1) is 22.5 Å². The van der Waals surface area contributed by atoms with Crippen LogP contribution in [0.2, 0.25) is 0 Å². The van der Waals surface area contributed by atoms with Gasteiger partial charge in [0.2, 0.25) is 0 Å². The van der Waals surface area contributed by atoms with Crippen LogP contribution in [-0.4, -0.2) is 134 Å². The fraction of sp³-hybridized carbons (Fsp3) is 0.393. The minimum atomic E-state index is -1.06. The highest BCUT2D eigenvalue weighted by atomic mass is 19.1. The van der Waals surface area contributed by atoms with E-state index in [4.69, 9.17) is 18.9 Å². The van der Waals surface area contributed by atoms with E-state index in [0.29, 0.717) is 42.5 Å². The Labute approximate surface area is 437 Å². The Kier molecular flexibility index (Phi) is 12.7. The normalized spacial score (nSPS) is 22.6. The summed E-state index contributed by atoms with van der Waals surface area (Å²) in [5, 5.41) is 13.8. The molecule has 0 aliphatic carbocycles. The fourth-order valence-corrected chi connectivity index (χ4v) is 11.8. The van der Waals surface area contributed by atoms with E-state index in [0.717, 1.165) is 84.6 Å². The second-order valence-corrected chi connectivity index (χ2v) is 21.3. The molecule has 4 aromatic carbocycles. The average Bonchev–Trinajstić information content (AvgIpc) is 4.04. The molecule has 6 aromatic rings. The van der Waals surface area contributed by atoms with Crippen LogP contribution in [0.15, 0.2) is 110 Å². The van der Waals surface area contributed by atoms with Crippen LogP contribution in [0.4, 0.5) is 36.3 Å². The number of carbonyl (C=O) groups is 4. The van der Waals surface area contributed by atoms with E-state index >= 15 is 0 Å². The number of carbonyl (C=O) groups excluding carboxylic acids is 4. The number of hydrogen-bond acceptors (Lipinski definition) is 12. The minimum absolute atomic E-state index is 0.0409. The summed E-state index contributed by atoms with van der Waals surface area (Å²) < 4.78 is 56.0. The number of hydrogen-bond donors (Lipinski definition) is 2. The summed E-state index contributed by atoms with van der Waals surface area (Å²) in [6.45, 7) is 4.74. The Morgan fingerprint density at radius 2 is 1.25 bits per heavy atom. The molecule has 0 radical (unpaired) electrons. The van der Waals surface area contributed by atoms with E-state index in [2.05, 4.69) is 30.6 Å². The lowest BCUT2D eigenvalue weighted by atomic mass is 9.67. The number of anilines is 4. The van der Waals surface area contributed by atoms with Crippen molar-refractivity contribution in [3.8, 4) is 11.5 Å². The van der Waals surface area contributed by atoms with E-state index < -0.39 is 41.4 Å². The smallest absolute Gasteiger partial charge is 0.342 e. The number of likely N-dealkylation sites (N-methyl/N-ethyl adjacent to an activating group) is 2. The van der Waals surface area contributed by atoms with Crippen LogP contribution >= 0.6 is 0 Å². The minimum Gasteiger partial charge on any atom is -0.489 e. The first-order valence-corrected chi connectivity index (χ1v) is 25.8. The number of fused-ring (bicyclic) bond motifs is 2. The molecule has 2 spiro atoms. The quantitative estimate of drug-likeness (QED) is 0.169. The van der Waals surface area contributed by atoms with Crippen LogP contribution in [0.3, 0.4) is 0 Å². The highest BCUT2D eigenvalue weighted by molar-refractivity contribution is 6.03. The standard InChI is InChI=1S/C56H58F2N10O8/c1-63-44-21-39(12-14-46(44)75-29-42(52(63)70)60-51(69)50-41(58)28-67(62-50)26-36-6-4-3-5-7-36)65-31-55(32-65)16-18-73-48(23-55)49-24-56(17-19-74-49)33-66(34-56)40-13-15-47-45(22-40)64(2)53(71)43(30-76-47)61-54(72)68-27-37(25-59-68)20-35-8-10-38(57)11-9-35/h3-15,21-22,25,27-28,42-43,48-49H,16-20,23-24,26,29-34H2,1-2H3,(H,60,69)(H,61,72). The van der Waals surface area contributed by atoms with Gasteiger partial charge in [-0.1, -0.05) is 42.5 Å². The van der Waals surface area contributed by atoms with Crippen molar-refractivity contribution in [1.29, 1.82) is 0 Å². The summed E-state index contributed by atoms with van der Waals surface area (Å²) in [6.07, 6.45) is 8.34. The monoisotopic (exact) mass is 1040 g/mol. The summed E-state index contributed by atoms with van der Waals surface area (Å²) in [6, 6.07) is 24.6. The van der Waals surface area contributed by atoms with E-state index in [1.54, 1.807) is 38.6 Å². The third kappa shape index (κ3) is 9.59. The Hall–Kier alpha value is -7.84. The molecule has 0 saturated carbocycles. The topological polar surface area (TPSA) is 178 Å². The second kappa shape index (κ2) is 19.7. The van der Waals surface area contributed by atoms with Gasteiger partial charge in [0.05, 0.1) is 42.5 Å². The van der Waals surface area contributed by atoms with E-state index in [1.807, 2.05) is 66.7 Å². The Balaban J connectivity index is 0.629. The Morgan fingerprint density at radius 3 is 1.83 bits per heavy atom. The van der Waals surface area contributed by atoms with Gasteiger partial charge in [0.25, 0.3) is 17.7 Å². The van der Waals surface area contributed by atoms with Gasteiger partial charge < -0.3 is 49.2 Å². The van der Waals surface area contributed by atoms with Crippen molar-refractivity contribution in [2.75, 3.05) is 86.3 Å². The van der Waals surface area contributed by atoms with Gasteiger partial charge in [-0.2, -0.15) is 14.9 Å². The number of ether oxygens (including phenoxy) is 4. The number of nitrogens with one attached hydrogen (secondary N) is 2.